The summed E-state index contributed by atoms with van der Waals surface area (Å²) in [5.74, 6) is 0.743. The number of nitrogens with zero attached hydrogens (tertiary/aromatic N) is 3. The highest BCUT2D eigenvalue weighted by Crippen LogP contribution is 2.18. The van der Waals surface area contributed by atoms with Gasteiger partial charge in [-0.25, -0.2) is 9.97 Å². The van der Waals surface area contributed by atoms with Gasteiger partial charge in [0.1, 0.15) is 0 Å². The largest absolute Gasteiger partial charge is 0.308 e. The molecule has 0 saturated carbocycles. The first-order valence-electron chi connectivity index (χ1n) is 5.49. The molecule has 0 amide bonds. The molecule has 0 spiro atoms. The number of aromatic nitrogens is 3. The quantitative estimate of drug-likeness (QED) is 0.906. The summed E-state index contributed by atoms with van der Waals surface area (Å²) in [5.41, 5.74) is 2.98. The Morgan fingerprint density at radius 3 is 2.41 bits per heavy atom. The van der Waals surface area contributed by atoms with E-state index in [1.54, 1.807) is 23.0 Å². The Bertz CT molecular complexity index is 456. The van der Waals surface area contributed by atoms with Crippen LogP contribution in [0.15, 0.2) is 24.1 Å². The first-order chi connectivity index (χ1) is 8.04. The summed E-state index contributed by atoms with van der Waals surface area (Å²) >= 11 is 1.55. The SMILES string of the molecule is CC(C)(C)NCc1cnc(-c2cncs2)nc1. The summed E-state index contributed by atoms with van der Waals surface area (Å²) in [5, 5.41) is 3.40. The van der Waals surface area contributed by atoms with Gasteiger partial charge in [-0.05, 0) is 20.8 Å². The van der Waals surface area contributed by atoms with Gasteiger partial charge in [0.05, 0.1) is 10.4 Å². The van der Waals surface area contributed by atoms with Crippen molar-refractivity contribution >= 4 is 11.3 Å². The lowest BCUT2D eigenvalue weighted by Gasteiger charge is -2.20. The third kappa shape index (κ3) is 3.57. The molecule has 0 unspecified atom stereocenters. The van der Waals surface area contributed by atoms with Gasteiger partial charge in [-0.3, -0.25) is 4.98 Å². The monoisotopic (exact) mass is 248 g/mol. The van der Waals surface area contributed by atoms with E-state index in [1.807, 2.05) is 12.4 Å². The molecular weight excluding hydrogens is 232 g/mol. The maximum atomic E-state index is 4.34. The predicted molar refractivity (Wildman–Crippen MR) is 69.7 cm³/mol. The summed E-state index contributed by atoms with van der Waals surface area (Å²) < 4.78 is 0. The first-order valence-corrected chi connectivity index (χ1v) is 6.37. The van der Waals surface area contributed by atoms with Gasteiger partial charge in [0.15, 0.2) is 5.82 Å². The molecule has 17 heavy (non-hydrogen) atoms. The molecule has 0 fully saturated rings. The summed E-state index contributed by atoms with van der Waals surface area (Å²) in [6.45, 7) is 7.20. The molecule has 2 heterocycles. The van der Waals surface area contributed by atoms with Gasteiger partial charge in [0, 0.05) is 36.2 Å². The van der Waals surface area contributed by atoms with Crippen LogP contribution in [0.5, 0.6) is 0 Å². The van der Waals surface area contributed by atoms with E-state index in [0.717, 1.165) is 22.8 Å². The second kappa shape index (κ2) is 4.89. The van der Waals surface area contributed by atoms with Crippen molar-refractivity contribution in [3.8, 4) is 10.7 Å². The molecule has 1 N–H and O–H groups in total. The van der Waals surface area contributed by atoms with Crippen LogP contribution in [0.1, 0.15) is 26.3 Å². The van der Waals surface area contributed by atoms with E-state index < -0.39 is 0 Å². The van der Waals surface area contributed by atoms with Crippen molar-refractivity contribution in [1.29, 1.82) is 0 Å². The normalized spacial score (nSPS) is 11.7. The van der Waals surface area contributed by atoms with Crippen molar-refractivity contribution in [2.45, 2.75) is 32.9 Å². The third-order valence-corrected chi connectivity index (χ3v) is 2.95. The molecule has 2 rings (SSSR count). The van der Waals surface area contributed by atoms with Crippen LogP contribution < -0.4 is 5.32 Å². The van der Waals surface area contributed by atoms with Crippen LogP contribution >= 0.6 is 11.3 Å². The summed E-state index contributed by atoms with van der Waals surface area (Å²) in [6.07, 6.45) is 5.51. The van der Waals surface area contributed by atoms with Gasteiger partial charge in [0.25, 0.3) is 0 Å². The predicted octanol–water partition coefficient (Wildman–Crippen LogP) is 2.49. The molecule has 4 nitrogen and oxygen atoms in total. The Hall–Kier alpha value is -1.33. The zero-order valence-electron chi connectivity index (χ0n) is 10.3. The zero-order chi connectivity index (χ0) is 12.3. The van der Waals surface area contributed by atoms with Gasteiger partial charge in [-0.15, -0.1) is 11.3 Å². The lowest BCUT2D eigenvalue weighted by Crippen LogP contribution is -2.35. The molecule has 0 aromatic carbocycles. The maximum Gasteiger partial charge on any atom is 0.171 e. The standard InChI is InChI=1S/C12H16N4S/c1-12(2,3)16-6-9-4-14-11(15-5-9)10-7-13-8-17-10/h4-5,7-8,16H,6H2,1-3H3. The summed E-state index contributed by atoms with van der Waals surface area (Å²) in [6, 6.07) is 0. The van der Waals surface area contributed by atoms with Crippen molar-refractivity contribution < 1.29 is 0 Å². The topological polar surface area (TPSA) is 50.7 Å². The van der Waals surface area contributed by atoms with Gasteiger partial charge >= 0.3 is 0 Å². The van der Waals surface area contributed by atoms with Gasteiger partial charge in [-0.2, -0.15) is 0 Å². The molecule has 5 heteroatoms. The van der Waals surface area contributed by atoms with Crippen molar-refractivity contribution in [3.63, 3.8) is 0 Å². The van der Waals surface area contributed by atoms with Gasteiger partial charge < -0.3 is 5.32 Å². The van der Waals surface area contributed by atoms with E-state index in [4.69, 9.17) is 0 Å². The molecule has 2 aromatic heterocycles. The number of hydrogen-bond acceptors (Lipinski definition) is 5. The number of thiazole rings is 1. The summed E-state index contributed by atoms with van der Waals surface area (Å²) in [7, 11) is 0. The smallest absolute Gasteiger partial charge is 0.171 e. The highest BCUT2D eigenvalue weighted by atomic mass is 32.1. The van der Waals surface area contributed by atoms with Crippen LogP contribution in [0.4, 0.5) is 0 Å². The highest BCUT2D eigenvalue weighted by molar-refractivity contribution is 7.13. The van der Waals surface area contributed by atoms with E-state index in [0.29, 0.717) is 0 Å². The van der Waals surface area contributed by atoms with Crippen molar-refractivity contribution in [3.05, 3.63) is 29.7 Å². The van der Waals surface area contributed by atoms with Crippen LogP contribution in [0.2, 0.25) is 0 Å². The molecule has 2 aromatic rings. The lowest BCUT2D eigenvalue weighted by atomic mass is 10.1. The Morgan fingerprint density at radius 1 is 1.18 bits per heavy atom. The van der Waals surface area contributed by atoms with E-state index >= 15 is 0 Å². The molecule has 0 aliphatic rings. The van der Waals surface area contributed by atoms with E-state index in [9.17, 15) is 0 Å². The Kier molecular flexibility index (Phi) is 3.49. The average Bonchev–Trinajstić information content (AvgIpc) is 2.79. The second-order valence-corrected chi connectivity index (χ2v) is 5.77. The van der Waals surface area contributed by atoms with Crippen molar-refractivity contribution in [2.24, 2.45) is 0 Å². The number of nitrogens with one attached hydrogen (secondary N) is 1. The number of rotatable bonds is 3. The molecule has 0 atom stereocenters. The van der Waals surface area contributed by atoms with Crippen LogP contribution in [0.3, 0.4) is 0 Å². The average molecular weight is 248 g/mol. The Morgan fingerprint density at radius 2 is 1.88 bits per heavy atom. The van der Waals surface area contributed by atoms with E-state index in [-0.39, 0.29) is 5.54 Å². The molecule has 0 radical (unpaired) electrons. The third-order valence-electron chi connectivity index (χ3n) is 2.18. The van der Waals surface area contributed by atoms with Crippen molar-refractivity contribution in [1.82, 2.24) is 20.3 Å². The minimum absolute atomic E-state index is 0.107. The molecular formula is C12H16N4S. The fraction of sp³-hybridized carbons (Fsp3) is 0.417. The van der Waals surface area contributed by atoms with Crippen LogP contribution in [0.25, 0.3) is 10.7 Å². The first kappa shape index (κ1) is 12.1. The van der Waals surface area contributed by atoms with Gasteiger partial charge in [0.2, 0.25) is 0 Å². The van der Waals surface area contributed by atoms with Gasteiger partial charge in [-0.1, -0.05) is 0 Å². The van der Waals surface area contributed by atoms with Crippen LogP contribution in [0, 0.1) is 0 Å². The fourth-order valence-corrected chi connectivity index (χ4v) is 1.83. The van der Waals surface area contributed by atoms with Crippen LogP contribution in [-0.4, -0.2) is 20.5 Å². The fourth-order valence-electron chi connectivity index (χ4n) is 1.27. The minimum atomic E-state index is 0.107. The van der Waals surface area contributed by atoms with Crippen molar-refractivity contribution in [2.75, 3.05) is 0 Å². The minimum Gasteiger partial charge on any atom is -0.308 e. The maximum absolute atomic E-state index is 4.34. The number of hydrogen-bond donors (Lipinski definition) is 1. The molecule has 90 valence electrons. The zero-order valence-corrected chi connectivity index (χ0v) is 11.1. The molecule has 0 aliphatic heterocycles. The Balaban J connectivity index is 2.04. The van der Waals surface area contributed by atoms with E-state index in [2.05, 4.69) is 41.0 Å². The molecule has 0 bridgehead atoms. The van der Waals surface area contributed by atoms with E-state index in [1.165, 1.54) is 0 Å². The molecule has 0 aliphatic carbocycles. The lowest BCUT2D eigenvalue weighted by molar-refractivity contribution is 0.423. The summed E-state index contributed by atoms with van der Waals surface area (Å²) in [4.78, 5) is 13.7. The highest BCUT2D eigenvalue weighted by Gasteiger charge is 2.09. The molecule has 0 saturated heterocycles. The Labute approximate surface area is 105 Å². The second-order valence-electron chi connectivity index (χ2n) is 4.88. The van der Waals surface area contributed by atoms with Crippen LogP contribution in [-0.2, 0) is 6.54 Å².